The molecule has 0 bridgehead atoms. The monoisotopic (exact) mass is 337 g/mol. The summed E-state index contributed by atoms with van der Waals surface area (Å²) in [6.45, 7) is 1.98. The maximum atomic E-state index is 12.7. The molecule has 0 N–H and O–H groups in total. The molecule has 1 aliphatic rings. The second-order valence-corrected chi connectivity index (χ2v) is 7.34. The third-order valence-electron chi connectivity index (χ3n) is 3.96. The van der Waals surface area contributed by atoms with E-state index >= 15 is 0 Å². The Kier molecular flexibility index (Phi) is 3.65. The lowest BCUT2D eigenvalue weighted by atomic mass is 10.2. The summed E-state index contributed by atoms with van der Waals surface area (Å²) in [5.41, 5.74) is 1.74. The Morgan fingerprint density at radius 3 is 2.78 bits per heavy atom. The number of nitro groups is 1. The molecule has 122 valence electrons. The van der Waals surface area contributed by atoms with E-state index in [1.165, 1.54) is 16.4 Å². The van der Waals surface area contributed by atoms with Crippen LogP contribution in [0.5, 0.6) is 0 Å². The first-order chi connectivity index (χ1) is 10.8. The van der Waals surface area contributed by atoms with E-state index in [4.69, 9.17) is 0 Å². The average molecular weight is 337 g/mol. The van der Waals surface area contributed by atoms with Crippen LogP contribution in [0.15, 0.2) is 23.1 Å². The SMILES string of the molecule is Cc1ccc(S(=O)(=O)N2CCc3c(nnn3C)C2)cc1[N+](=O)[O-]. The van der Waals surface area contributed by atoms with Gasteiger partial charge in [-0.1, -0.05) is 11.3 Å². The van der Waals surface area contributed by atoms with Crippen LogP contribution in [0.25, 0.3) is 0 Å². The van der Waals surface area contributed by atoms with Crippen molar-refractivity contribution < 1.29 is 13.3 Å². The van der Waals surface area contributed by atoms with Crippen molar-refractivity contribution in [1.82, 2.24) is 19.3 Å². The Labute approximate surface area is 132 Å². The molecular weight excluding hydrogens is 322 g/mol. The third-order valence-corrected chi connectivity index (χ3v) is 5.80. The van der Waals surface area contributed by atoms with Crippen molar-refractivity contribution in [2.24, 2.45) is 7.05 Å². The van der Waals surface area contributed by atoms with Gasteiger partial charge in [-0.05, 0) is 13.0 Å². The quantitative estimate of drug-likeness (QED) is 0.604. The van der Waals surface area contributed by atoms with Gasteiger partial charge in [0.25, 0.3) is 5.69 Å². The van der Waals surface area contributed by atoms with Crippen molar-refractivity contribution in [2.45, 2.75) is 24.8 Å². The predicted molar refractivity (Wildman–Crippen MR) is 80.1 cm³/mol. The van der Waals surface area contributed by atoms with Crippen LogP contribution in [0.1, 0.15) is 17.0 Å². The molecule has 9 nitrogen and oxygen atoms in total. The predicted octanol–water partition coefficient (Wildman–Crippen LogP) is 0.779. The van der Waals surface area contributed by atoms with Crippen LogP contribution in [0.4, 0.5) is 5.69 Å². The van der Waals surface area contributed by atoms with E-state index in [1.807, 2.05) is 0 Å². The maximum absolute atomic E-state index is 12.7. The zero-order valence-corrected chi connectivity index (χ0v) is 13.4. The highest BCUT2D eigenvalue weighted by molar-refractivity contribution is 7.89. The molecule has 0 unspecified atom stereocenters. The first-order valence-electron chi connectivity index (χ1n) is 6.93. The summed E-state index contributed by atoms with van der Waals surface area (Å²) in [6, 6.07) is 3.95. The molecule has 2 heterocycles. The van der Waals surface area contributed by atoms with Gasteiger partial charge in [0.05, 0.1) is 22.1 Å². The van der Waals surface area contributed by atoms with Crippen LogP contribution in [0, 0.1) is 17.0 Å². The van der Waals surface area contributed by atoms with Gasteiger partial charge < -0.3 is 0 Å². The minimum absolute atomic E-state index is 0.0814. The average Bonchev–Trinajstić information content (AvgIpc) is 2.88. The fourth-order valence-corrected chi connectivity index (χ4v) is 4.05. The van der Waals surface area contributed by atoms with Gasteiger partial charge in [-0.3, -0.25) is 14.8 Å². The molecule has 23 heavy (non-hydrogen) atoms. The molecule has 2 aromatic rings. The van der Waals surface area contributed by atoms with E-state index in [1.54, 1.807) is 18.7 Å². The van der Waals surface area contributed by atoms with E-state index < -0.39 is 14.9 Å². The molecule has 1 aromatic carbocycles. The lowest BCUT2D eigenvalue weighted by Gasteiger charge is -2.25. The summed E-state index contributed by atoms with van der Waals surface area (Å²) in [6.07, 6.45) is 0.506. The Hall–Kier alpha value is -2.33. The summed E-state index contributed by atoms with van der Waals surface area (Å²) in [7, 11) is -2.05. The number of sulfonamides is 1. The number of nitro benzene ring substituents is 1. The van der Waals surface area contributed by atoms with E-state index in [0.29, 0.717) is 17.7 Å². The highest BCUT2D eigenvalue weighted by atomic mass is 32.2. The van der Waals surface area contributed by atoms with Gasteiger partial charge in [-0.15, -0.1) is 5.10 Å². The fraction of sp³-hybridized carbons (Fsp3) is 0.385. The summed E-state index contributed by atoms with van der Waals surface area (Å²) in [4.78, 5) is 10.4. The highest BCUT2D eigenvalue weighted by Crippen LogP contribution is 2.27. The summed E-state index contributed by atoms with van der Waals surface area (Å²) in [5, 5.41) is 18.9. The molecule has 0 saturated heterocycles. The summed E-state index contributed by atoms with van der Waals surface area (Å²) in [5.74, 6) is 0. The van der Waals surface area contributed by atoms with E-state index in [0.717, 1.165) is 11.8 Å². The number of aryl methyl sites for hydroxylation is 2. The molecule has 1 aliphatic heterocycles. The van der Waals surface area contributed by atoms with Crippen LogP contribution < -0.4 is 0 Å². The van der Waals surface area contributed by atoms with Crippen LogP contribution in [0.3, 0.4) is 0 Å². The number of benzene rings is 1. The number of nitrogens with zero attached hydrogens (tertiary/aromatic N) is 5. The van der Waals surface area contributed by atoms with Gasteiger partial charge in [-0.2, -0.15) is 4.31 Å². The largest absolute Gasteiger partial charge is 0.273 e. The molecule has 0 atom stereocenters. The number of fused-ring (bicyclic) bond motifs is 1. The third kappa shape index (κ3) is 2.59. The highest BCUT2D eigenvalue weighted by Gasteiger charge is 2.31. The second-order valence-electron chi connectivity index (χ2n) is 5.40. The Morgan fingerprint density at radius 2 is 2.09 bits per heavy atom. The van der Waals surface area contributed by atoms with E-state index in [9.17, 15) is 18.5 Å². The van der Waals surface area contributed by atoms with Crippen molar-refractivity contribution >= 4 is 15.7 Å². The van der Waals surface area contributed by atoms with Crippen LogP contribution in [-0.4, -0.2) is 39.2 Å². The topological polar surface area (TPSA) is 111 Å². The Bertz CT molecular complexity index is 890. The van der Waals surface area contributed by atoms with E-state index in [-0.39, 0.29) is 23.7 Å². The minimum Gasteiger partial charge on any atom is -0.258 e. The van der Waals surface area contributed by atoms with Gasteiger partial charge in [0, 0.05) is 31.6 Å². The number of rotatable bonds is 3. The summed E-state index contributed by atoms with van der Waals surface area (Å²) >= 11 is 0. The molecule has 0 spiro atoms. The van der Waals surface area contributed by atoms with Gasteiger partial charge in [0.1, 0.15) is 5.69 Å². The van der Waals surface area contributed by atoms with Crippen molar-refractivity contribution in [2.75, 3.05) is 6.54 Å². The van der Waals surface area contributed by atoms with Crippen LogP contribution in [0.2, 0.25) is 0 Å². The zero-order valence-electron chi connectivity index (χ0n) is 12.6. The molecule has 0 amide bonds. The second kappa shape index (κ2) is 5.39. The minimum atomic E-state index is -3.82. The van der Waals surface area contributed by atoms with Crippen LogP contribution in [-0.2, 0) is 30.0 Å². The normalized spacial score (nSPS) is 15.4. The van der Waals surface area contributed by atoms with Crippen molar-refractivity contribution in [1.29, 1.82) is 0 Å². The number of hydrogen-bond donors (Lipinski definition) is 0. The number of hydrogen-bond acceptors (Lipinski definition) is 6. The first-order valence-corrected chi connectivity index (χ1v) is 8.37. The lowest BCUT2D eigenvalue weighted by molar-refractivity contribution is -0.385. The molecular formula is C13H15N5O4S. The first kappa shape index (κ1) is 15.6. The van der Waals surface area contributed by atoms with E-state index in [2.05, 4.69) is 10.3 Å². The molecule has 0 fully saturated rings. The molecule has 3 rings (SSSR count). The van der Waals surface area contributed by atoms with Crippen LogP contribution >= 0.6 is 0 Å². The molecule has 0 aliphatic carbocycles. The van der Waals surface area contributed by atoms with Gasteiger partial charge in [0.2, 0.25) is 10.0 Å². The van der Waals surface area contributed by atoms with Crippen molar-refractivity contribution in [3.63, 3.8) is 0 Å². The lowest BCUT2D eigenvalue weighted by Crippen LogP contribution is -2.36. The molecule has 0 saturated carbocycles. The Morgan fingerprint density at radius 1 is 1.35 bits per heavy atom. The van der Waals surface area contributed by atoms with Crippen molar-refractivity contribution in [3.8, 4) is 0 Å². The van der Waals surface area contributed by atoms with Gasteiger partial charge in [0.15, 0.2) is 0 Å². The van der Waals surface area contributed by atoms with Gasteiger partial charge >= 0.3 is 0 Å². The zero-order chi connectivity index (χ0) is 16.8. The number of aromatic nitrogens is 3. The molecule has 0 radical (unpaired) electrons. The summed E-state index contributed by atoms with van der Waals surface area (Å²) < 4.78 is 28.4. The van der Waals surface area contributed by atoms with Gasteiger partial charge in [-0.25, -0.2) is 8.42 Å². The fourth-order valence-electron chi connectivity index (χ4n) is 2.63. The molecule has 10 heteroatoms. The maximum Gasteiger partial charge on any atom is 0.273 e. The smallest absolute Gasteiger partial charge is 0.258 e. The van der Waals surface area contributed by atoms with Crippen molar-refractivity contribution in [3.05, 3.63) is 45.3 Å². The molecule has 1 aromatic heterocycles. The standard InChI is InChI=1S/C13H15N5O4S/c1-9-3-4-10(7-13(9)18(19)20)23(21,22)17-6-5-12-11(8-17)14-15-16(12)2/h3-4,7H,5-6,8H2,1-2H3. The Balaban J connectivity index is 1.97.